The van der Waals surface area contributed by atoms with E-state index in [4.69, 9.17) is 9.05 Å². The number of quaternary nitrogens is 1. The Labute approximate surface area is 391 Å². The van der Waals surface area contributed by atoms with Crippen molar-refractivity contribution in [3.63, 3.8) is 0 Å². The van der Waals surface area contributed by atoms with Gasteiger partial charge in [-0.3, -0.25) is 13.8 Å². The Morgan fingerprint density at radius 3 is 1.33 bits per heavy atom. The molecule has 0 fully saturated rings. The van der Waals surface area contributed by atoms with Crippen LogP contribution in [0.1, 0.15) is 251 Å². The molecular formula is C54H106N2O6P+. The molecule has 63 heavy (non-hydrogen) atoms. The Bertz CT molecular complexity index is 1120. The van der Waals surface area contributed by atoms with Gasteiger partial charge in [-0.05, 0) is 51.4 Å². The number of phosphoric ester groups is 1. The standard InChI is InChI=1S/C54H105N2O6P/c1-6-8-10-12-14-16-18-20-22-24-25-26-27-28-29-30-32-33-35-37-39-41-43-45-47-53(57)52(51-62-63(59,60)61-50-49-56(3,4)5)55-54(58)48-46-44-42-40-38-36-34-31-23-21-19-17-15-13-11-9-7-2/h15,17,21,23,45,47,52-53,57H,6-14,16,18-20,22,24-44,46,48-51H2,1-5H3,(H-,55,58,59,60)/p+1/b17-15-,23-21-,47-45+. The van der Waals surface area contributed by atoms with Crippen LogP contribution in [0, 0.1) is 0 Å². The fourth-order valence-electron chi connectivity index (χ4n) is 7.84. The molecule has 0 aliphatic rings. The van der Waals surface area contributed by atoms with Crippen molar-refractivity contribution >= 4 is 13.7 Å². The summed E-state index contributed by atoms with van der Waals surface area (Å²) >= 11 is 0. The Hall–Kier alpha value is -1.28. The Morgan fingerprint density at radius 2 is 0.905 bits per heavy atom. The van der Waals surface area contributed by atoms with E-state index >= 15 is 0 Å². The van der Waals surface area contributed by atoms with Crippen molar-refractivity contribution in [3.8, 4) is 0 Å². The van der Waals surface area contributed by atoms with Gasteiger partial charge in [0, 0.05) is 6.42 Å². The molecule has 8 nitrogen and oxygen atoms in total. The molecule has 0 aliphatic heterocycles. The number of aliphatic hydroxyl groups is 1. The molecule has 3 N–H and O–H groups in total. The average Bonchev–Trinajstić information content (AvgIpc) is 3.24. The minimum Gasteiger partial charge on any atom is -0.387 e. The zero-order valence-corrected chi connectivity index (χ0v) is 43.2. The maximum Gasteiger partial charge on any atom is 0.472 e. The van der Waals surface area contributed by atoms with Gasteiger partial charge in [0.05, 0.1) is 39.9 Å². The van der Waals surface area contributed by atoms with Crippen LogP contribution in [0.3, 0.4) is 0 Å². The molecular weight excluding hydrogens is 804 g/mol. The molecule has 9 heteroatoms. The van der Waals surface area contributed by atoms with Gasteiger partial charge in [-0.1, -0.05) is 230 Å². The molecule has 0 aromatic heterocycles. The lowest BCUT2D eigenvalue weighted by atomic mass is 10.0. The zero-order chi connectivity index (χ0) is 46.4. The number of carbonyl (C=O) groups excluding carboxylic acids is 1. The lowest BCUT2D eigenvalue weighted by Gasteiger charge is -2.25. The van der Waals surface area contributed by atoms with Crippen LogP contribution in [0.25, 0.3) is 0 Å². The highest BCUT2D eigenvalue weighted by atomic mass is 31.2. The summed E-state index contributed by atoms with van der Waals surface area (Å²) in [5, 5.41) is 13.9. The van der Waals surface area contributed by atoms with Gasteiger partial charge in [-0.15, -0.1) is 0 Å². The van der Waals surface area contributed by atoms with Crippen molar-refractivity contribution in [1.82, 2.24) is 5.32 Å². The highest BCUT2D eigenvalue weighted by molar-refractivity contribution is 7.47. The quantitative estimate of drug-likeness (QED) is 0.0243. The maximum absolute atomic E-state index is 12.9. The molecule has 0 spiro atoms. The van der Waals surface area contributed by atoms with Crippen LogP contribution in [-0.4, -0.2) is 73.4 Å². The number of nitrogens with one attached hydrogen (secondary N) is 1. The van der Waals surface area contributed by atoms with E-state index in [0.29, 0.717) is 17.4 Å². The third-order valence-electron chi connectivity index (χ3n) is 12.1. The highest BCUT2D eigenvalue weighted by Gasteiger charge is 2.27. The molecule has 0 aromatic rings. The Balaban J connectivity index is 4.26. The Morgan fingerprint density at radius 1 is 0.540 bits per heavy atom. The lowest BCUT2D eigenvalue weighted by Crippen LogP contribution is -2.45. The summed E-state index contributed by atoms with van der Waals surface area (Å²) in [6.07, 6.45) is 58.0. The largest absolute Gasteiger partial charge is 0.472 e. The van der Waals surface area contributed by atoms with Gasteiger partial charge in [0.15, 0.2) is 0 Å². The van der Waals surface area contributed by atoms with Gasteiger partial charge in [-0.2, -0.15) is 0 Å². The summed E-state index contributed by atoms with van der Waals surface area (Å²) in [6.45, 7) is 4.81. The van der Waals surface area contributed by atoms with E-state index in [9.17, 15) is 19.4 Å². The first-order valence-electron chi connectivity index (χ1n) is 26.9. The van der Waals surface area contributed by atoms with Crippen molar-refractivity contribution in [2.24, 2.45) is 0 Å². The van der Waals surface area contributed by atoms with E-state index in [-0.39, 0.29) is 19.1 Å². The minimum absolute atomic E-state index is 0.0600. The molecule has 1 amide bonds. The first-order valence-corrected chi connectivity index (χ1v) is 28.4. The molecule has 3 atom stereocenters. The number of phosphoric acid groups is 1. The van der Waals surface area contributed by atoms with Crippen LogP contribution in [0.2, 0.25) is 0 Å². The van der Waals surface area contributed by atoms with E-state index in [1.54, 1.807) is 6.08 Å². The third kappa shape index (κ3) is 48.5. The van der Waals surface area contributed by atoms with Crippen molar-refractivity contribution in [1.29, 1.82) is 0 Å². The van der Waals surface area contributed by atoms with Gasteiger partial charge in [0.1, 0.15) is 13.2 Å². The molecule has 0 radical (unpaired) electrons. The average molecular weight is 910 g/mol. The van der Waals surface area contributed by atoms with E-state index in [0.717, 1.165) is 51.4 Å². The molecule has 0 aromatic carbocycles. The fraction of sp³-hybridized carbons (Fsp3) is 0.870. The van der Waals surface area contributed by atoms with Gasteiger partial charge in [0.25, 0.3) is 0 Å². The van der Waals surface area contributed by atoms with Crippen molar-refractivity contribution in [3.05, 3.63) is 36.5 Å². The van der Waals surface area contributed by atoms with E-state index in [1.165, 1.54) is 180 Å². The van der Waals surface area contributed by atoms with Crippen LogP contribution in [-0.2, 0) is 18.4 Å². The van der Waals surface area contributed by atoms with E-state index in [1.807, 2.05) is 27.2 Å². The summed E-state index contributed by atoms with van der Waals surface area (Å²) < 4.78 is 23.7. The van der Waals surface area contributed by atoms with Crippen LogP contribution in [0.5, 0.6) is 0 Å². The van der Waals surface area contributed by atoms with Gasteiger partial charge < -0.3 is 19.8 Å². The molecule has 0 heterocycles. The number of aliphatic hydroxyl groups excluding tert-OH is 1. The Kier molecular flexibility index (Phi) is 44.9. The van der Waals surface area contributed by atoms with Crippen molar-refractivity contribution in [2.45, 2.75) is 264 Å². The third-order valence-corrected chi connectivity index (χ3v) is 13.1. The monoisotopic (exact) mass is 910 g/mol. The maximum atomic E-state index is 12.9. The van der Waals surface area contributed by atoms with Gasteiger partial charge in [-0.25, -0.2) is 4.57 Å². The molecule has 372 valence electrons. The SMILES string of the molecule is CCCCC/C=C\C/C=C\CCCCCCCCCC(=O)NC(COP(=O)(O)OCC[N+](C)(C)C)C(O)/C=C/CCCCCCCCCCCCCCCCCCCCCCCC. The first-order chi connectivity index (χ1) is 30.5. The highest BCUT2D eigenvalue weighted by Crippen LogP contribution is 2.43. The van der Waals surface area contributed by atoms with E-state index in [2.05, 4.69) is 43.5 Å². The number of likely N-dealkylation sites (N-methyl/N-ethyl adjacent to an activating group) is 1. The number of allylic oxidation sites excluding steroid dienone is 5. The smallest absolute Gasteiger partial charge is 0.387 e. The van der Waals surface area contributed by atoms with Crippen LogP contribution >= 0.6 is 7.82 Å². The normalized spacial score (nSPS) is 14.3. The van der Waals surface area contributed by atoms with Gasteiger partial charge in [0.2, 0.25) is 5.91 Å². The molecule has 0 rings (SSSR count). The second kappa shape index (κ2) is 45.9. The van der Waals surface area contributed by atoms with Gasteiger partial charge >= 0.3 is 7.82 Å². The predicted octanol–water partition coefficient (Wildman–Crippen LogP) is 15.8. The summed E-state index contributed by atoms with van der Waals surface area (Å²) in [5.74, 6) is -0.183. The number of amides is 1. The number of rotatable bonds is 49. The number of hydrogen-bond donors (Lipinski definition) is 3. The van der Waals surface area contributed by atoms with Crippen molar-refractivity contribution in [2.75, 3.05) is 40.9 Å². The minimum atomic E-state index is -4.35. The lowest BCUT2D eigenvalue weighted by molar-refractivity contribution is -0.870. The molecule has 0 saturated carbocycles. The number of nitrogens with zero attached hydrogens (tertiary/aromatic N) is 1. The number of unbranched alkanes of at least 4 members (excludes halogenated alkanes) is 32. The second-order valence-electron chi connectivity index (χ2n) is 19.6. The summed E-state index contributed by atoms with van der Waals surface area (Å²) in [7, 11) is 1.57. The topological polar surface area (TPSA) is 105 Å². The summed E-state index contributed by atoms with van der Waals surface area (Å²) in [6, 6.07) is -0.850. The van der Waals surface area contributed by atoms with Crippen LogP contribution in [0.4, 0.5) is 0 Å². The van der Waals surface area contributed by atoms with E-state index < -0.39 is 20.0 Å². The second-order valence-corrected chi connectivity index (χ2v) is 21.1. The van der Waals surface area contributed by atoms with Crippen LogP contribution in [0.15, 0.2) is 36.5 Å². The summed E-state index contributed by atoms with van der Waals surface area (Å²) in [5.41, 5.74) is 0. The molecule has 3 unspecified atom stereocenters. The molecule has 0 aliphatic carbocycles. The molecule has 0 saturated heterocycles. The fourth-order valence-corrected chi connectivity index (χ4v) is 8.57. The zero-order valence-electron chi connectivity index (χ0n) is 42.3. The summed E-state index contributed by atoms with van der Waals surface area (Å²) in [4.78, 5) is 23.2. The predicted molar refractivity (Wildman–Crippen MR) is 272 cm³/mol. The number of hydrogen-bond acceptors (Lipinski definition) is 5. The number of carbonyl (C=O) groups is 1. The van der Waals surface area contributed by atoms with Crippen LogP contribution < -0.4 is 5.32 Å². The molecule has 0 bridgehead atoms. The van der Waals surface area contributed by atoms with Crippen molar-refractivity contribution < 1.29 is 32.9 Å². The first kappa shape index (κ1) is 61.7.